The summed E-state index contributed by atoms with van der Waals surface area (Å²) in [6.07, 6.45) is 0.986. The van der Waals surface area contributed by atoms with Gasteiger partial charge in [-0.15, -0.1) is 0 Å². The fourth-order valence-corrected chi connectivity index (χ4v) is 0.891. The van der Waals surface area contributed by atoms with Crippen LogP contribution in [0, 0.1) is 16.7 Å². The van der Waals surface area contributed by atoms with Crippen molar-refractivity contribution in [1.29, 1.82) is 10.8 Å². The first-order valence-corrected chi connectivity index (χ1v) is 3.84. The van der Waals surface area contributed by atoms with Crippen molar-refractivity contribution in [3.63, 3.8) is 0 Å². The maximum absolute atomic E-state index is 7.31. The van der Waals surface area contributed by atoms with Gasteiger partial charge in [0.2, 0.25) is 0 Å². The molecule has 0 amide bonds. The van der Waals surface area contributed by atoms with Crippen LogP contribution in [-0.2, 0) is 0 Å². The molecule has 0 spiro atoms. The van der Waals surface area contributed by atoms with Crippen molar-refractivity contribution >= 4 is 22.4 Å². The van der Waals surface area contributed by atoms with Crippen molar-refractivity contribution < 1.29 is 0 Å². The van der Waals surface area contributed by atoms with Crippen LogP contribution in [0.3, 0.4) is 0 Å². The van der Waals surface area contributed by atoms with Gasteiger partial charge in [-0.1, -0.05) is 25.6 Å². The summed E-state index contributed by atoms with van der Waals surface area (Å²) < 4.78 is 0. The third-order valence-corrected chi connectivity index (χ3v) is 2.02. The Morgan fingerprint density at radius 3 is 2.67 bits per heavy atom. The molecule has 1 atom stereocenters. The zero-order valence-electron chi connectivity index (χ0n) is 5.77. The third kappa shape index (κ3) is 3.30. The normalized spacial score (nSPS) is 12.7. The highest BCUT2D eigenvalue weighted by molar-refractivity contribution is 8.24. The van der Waals surface area contributed by atoms with Crippen LogP contribution in [-0.4, -0.2) is 10.6 Å². The lowest BCUT2D eigenvalue weighted by atomic mass is 10.1. The van der Waals surface area contributed by atoms with E-state index in [1.807, 2.05) is 13.8 Å². The second-order valence-electron chi connectivity index (χ2n) is 1.91. The van der Waals surface area contributed by atoms with E-state index in [1.54, 1.807) is 0 Å². The van der Waals surface area contributed by atoms with E-state index in [1.165, 1.54) is 17.3 Å². The molecule has 0 bridgehead atoms. The van der Waals surface area contributed by atoms with Gasteiger partial charge in [0.1, 0.15) is 0 Å². The standard InChI is InChI=1S/C6H12N2S/c1-3-5(2)6(8)9-4-7/h4-5,7-8H,3H2,1-2H3. The maximum Gasteiger partial charge on any atom is 0.0726 e. The van der Waals surface area contributed by atoms with Crippen molar-refractivity contribution in [2.45, 2.75) is 20.3 Å². The summed E-state index contributed by atoms with van der Waals surface area (Å²) in [7, 11) is 0. The molecule has 0 aromatic heterocycles. The highest BCUT2D eigenvalue weighted by atomic mass is 32.2. The van der Waals surface area contributed by atoms with E-state index >= 15 is 0 Å². The van der Waals surface area contributed by atoms with Crippen LogP contribution >= 0.6 is 11.8 Å². The van der Waals surface area contributed by atoms with Crippen LogP contribution in [0.25, 0.3) is 0 Å². The van der Waals surface area contributed by atoms with E-state index in [9.17, 15) is 0 Å². The third-order valence-electron chi connectivity index (χ3n) is 1.25. The number of hydrogen-bond donors (Lipinski definition) is 2. The molecule has 1 unspecified atom stereocenters. The Morgan fingerprint density at radius 1 is 1.78 bits per heavy atom. The van der Waals surface area contributed by atoms with Gasteiger partial charge in [0, 0.05) is 5.92 Å². The Kier molecular flexibility index (Phi) is 4.40. The molecule has 0 rings (SSSR count). The van der Waals surface area contributed by atoms with E-state index in [4.69, 9.17) is 10.8 Å². The minimum Gasteiger partial charge on any atom is -0.301 e. The Morgan fingerprint density at radius 2 is 2.33 bits per heavy atom. The van der Waals surface area contributed by atoms with Crippen LogP contribution in [0.4, 0.5) is 0 Å². The quantitative estimate of drug-likeness (QED) is 0.463. The summed E-state index contributed by atoms with van der Waals surface area (Å²) in [4.78, 5) is 0. The lowest BCUT2D eigenvalue weighted by molar-refractivity contribution is 0.747. The van der Waals surface area contributed by atoms with Crippen molar-refractivity contribution in [1.82, 2.24) is 0 Å². The molecule has 3 heteroatoms. The summed E-state index contributed by atoms with van der Waals surface area (Å²) in [6, 6.07) is 0. The minimum atomic E-state index is 0.316. The largest absolute Gasteiger partial charge is 0.301 e. The molecule has 0 aromatic carbocycles. The molecule has 0 aliphatic carbocycles. The zero-order chi connectivity index (χ0) is 7.28. The van der Waals surface area contributed by atoms with Gasteiger partial charge in [0.05, 0.1) is 10.6 Å². The van der Waals surface area contributed by atoms with Gasteiger partial charge in [0.25, 0.3) is 0 Å². The SMILES string of the molecule is CCC(C)C(=N)SC=N. The van der Waals surface area contributed by atoms with Crippen molar-refractivity contribution in [2.75, 3.05) is 0 Å². The fraction of sp³-hybridized carbons (Fsp3) is 0.667. The molecule has 52 valence electrons. The summed E-state index contributed by atoms with van der Waals surface area (Å²) in [5.74, 6) is 0.316. The molecular formula is C6H12N2S. The van der Waals surface area contributed by atoms with Gasteiger partial charge < -0.3 is 5.41 Å². The minimum absolute atomic E-state index is 0.316. The van der Waals surface area contributed by atoms with Crippen LogP contribution < -0.4 is 0 Å². The van der Waals surface area contributed by atoms with E-state index in [-0.39, 0.29) is 0 Å². The van der Waals surface area contributed by atoms with Crippen LogP contribution in [0.15, 0.2) is 0 Å². The molecule has 0 saturated carbocycles. The number of nitrogens with one attached hydrogen (secondary N) is 2. The first-order chi connectivity index (χ1) is 4.22. The van der Waals surface area contributed by atoms with Crippen molar-refractivity contribution in [3.8, 4) is 0 Å². The van der Waals surface area contributed by atoms with Crippen LogP contribution in [0.1, 0.15) is 20.3 Å². The zero-order valence-corrected chi connectivity index (χ0v) is 6.59. The predicted octanol–water partition coefficient (Wildman–Crippen LogP) is 2.35. The average Bonchev–Trinajstić information content (AvgIpc) is 1.87. The average molecular weight is 144 g/mol. The molecule has 9 heavy (non-hydrogen) atoms. The van der Waals surface area contributed by atoms with Crippen LogP contribution in [0.5, 0.6) is 0 Å². The molecule has 0 aliphatic rings. The van der Waals surface area contributed by atoms with E-state index in [0.29, 0.717) is 11.0 Å². The monoisotopic (exact) mass is 144 g/mol. The lowest BCUT2D eigenvalue weighted by Crippen LogP contribution is -2.03. The number of hydrogen-bond acceptors (Lipinski definition) is 3. The maximum atomic E-state index is 7.31. The highest BCUT2D eigenvalue weighted by Gasteiger charge is 2.03. The van der Waals surface area contributed by atoms with Crippen molar-refractivity contribution in [3.05, 3.63) is 0 Å². The number of thioether (sulfide) groups is 1. The molecule has 2 nitrogen and oxygen atoms in total. The Balaban J connectivity index is 3.58. The summed E-state index contributed by atoms with van der Waals surface area (Å²) in [5.41, 5.74) is 1.20. The smallest absolute Gasteiger partial charge is 0.0726 e. The topological polar surface area (TPSA) is 47.7 Å². The van der Waals surface area contributed by atoms with Gasteiger partial charge in [-0.2, -0.15) is 0 Å². The Bertz CT molecular complexity index is 112. The van der Waals surface area contributed by atoms with E-state index < -0.39 is 0 Å². The molecule has 0 heterocycles. The van der Waals surface area contributed by atoms with Gasteiger partial charge in [-0.3, -0.25) is 5.41 Å². The number of rotatable bonds is 3. The summed E-state index contributed by atoms with van der Waals surface area (Å²) in [5, 5.41) is 14.6. The fourth-order valence-electron chi connectivity index (χ4n) is 0.365. The van der Waals surface area contributed by atoms with E-state index in [0.717, 1.165) is 6.42 Å². The van der Waals surface area contributed by atoms with Gasteiger partial charge in [0.15, 0.2) is 0 Å². The Labute approximate surface area is 60.1 Å². The molecule has 0 aliphatic heterocycles. The molecule has 0 fully saturated rings. The van der Waals surface area contributed by atoms with Gasteiger partial charge in [-0.25, -0.2) is 0 Å². The molecule has 2 N–H and O–H groups in total. The molecule has 0 radical (unpaired) electrons. The molecular weight excluding hydrogens is 132 g/mol. The van der Waals surface area contributed by atoms with Crippen molar-refractivity contribution in [2.24, 2.45) is 5.92 Å². The van der Waals surface area contributed by atoms with E-state index in [2.05, 4.69) is 0 Å². The van der Waals surface area contributed by atoms with Crippen LogP contribution in [0.2, 0.25) is 0 Å². The van der Waals surface area contributed by atoms with Gasteiger partial charge >= 0.3 is 0 Å². The first kappa shape index (κ1) is 8.69. The molecule has 0 saturated heterocycles. The Hall–Kier alpha value is -0.310. The summed E-state index contributed by atoms with van der Waals surface area (Å²) in [6.45, 7) is 4.04. The second-order valence-corrected chi connectivity index (χ2v) is 2.82. The predicted molar refractivity (Wildman–Crippen MR) is 43.6 cm³/mol. The van der Waals surface area contributed by atoms with Gasteiger partial charge in [-0.05, 0) is 6.42 Å². The second kappa shape index (κ2) is 4.56. The summed E-state index contributed by atoms with van der Waals surface area (Å²) >= 11 is 1.19. The molecule has 0 aromatic rings. The first-order valence-electron chi connectivity index (χ1n) is 2.96. The highest BCUT2D eigenvalue weighted by Crippen LogP contribution is 2.10. The lowest BCUT2D eigenvalue weighted by Gasteiger charge is -2.05.